The third-order valence-electron chi connectivity index (χ3n) is 3.33. The van der Waals surface area contributed by atoms with Crippen LogP contribution in [-0.4, -0.2) is 19.0 Å². The molecule has 0 fully saturated rings. The predicted molar refractivity (Wildman–Crippen MR) is 87.4 cm³/mol. The minimum atomic E-state index is -0.204. The van der Waals surface area contributed by atoms with Gasteiger partial charge in [0, 0.05) is 18.7 Å². The molecule has 5 heteroatoms. The Morgan fingerprint density at radius 2 is 1.96 bits per heavy atom. The molecule has 0 saturated carbocycles. The van der Waals surface area contributed by atoms with E-state index in [1.807, 2.05) is 6.07 Å². The van der Waals surface area contributed by atoms with Gasteiger partial charge in [0.2, 0.25) is 5.91 Å². The van der Waals surface area contributed by atoms with Crippen LogP contribution in [0.1, 0.15) is 17.5 Å². The molecule has 0 aromatic heterocycles. The second-order valence-electron chi connectivity index (χ2n) is 5.08. The van der Waals surface area contributed by atoms with Crippen molar-refractivity contribution >= 4 is 11.6 Å². The molecule has 1 amide bonds. The highest BCUT2D eigenvalue weighted by Gasteiger charge is 2.03. The van der Waals surface area contributed by atoms with Gasteiger partial charge in [0.25, 0.3) is 0 Å². The van der Waals surface area contributed by atoms with Crippen molar-refractivity contribution in [2.24, 2.45) is 0 Å². The van der Waals surface area contributed by atoms with Crippen molar-refractivity contribution in [2.45, 2.75) is 12.8 Å². The fourth-order valence-electron chi connectivity index (χ4n) is 2.14. The van der Waals surface area contributed by atoms with E-state index >= 15 is 0 Å². The van der Waals surface area contributed by atoms with Gasteiger partial charge in [-0.25, -0.2) is 4.39 Å². The molecule has 2 N–H and O–H groups in total. The Hall–Kier alpha value is -2.71. The maximum absolute atomic E-state index is 13.4. The van der Waals surface area contributed by atoms with E-state index in [0.29, 0.717) is 42.7 Å². The van der Waals surface area contributed by atoms with E-state index in [0.717, 1.165) is 0 Å². The lowest BCUT2D eigenvalue weighted by atomic mass is 10.1. The number of hydrogen-bond donors (Lipinski definition) is 2. The highest BCUT2D eigenvalue weighted by atomic mass is 19.1. The van der Waals surface area contributed by atoms with Crippen molar-refractivity contribution in [1.82, 2.24) is 5.32 Å². The van der Waals surface area contributed by atoms with Crippen LogP contribution in [0.2, 0.25) is 0 Å². The van der Waals surface area contributed by atoms with Crippen LogP contribution in [0, 0.1) is 17.1 Å². The van der Waals surface area contributed by atoms with Crippen molar-refractivity contribution in [3.05, 3.63) is 65.5 Å². The lowest BCUT2D eigenvalue weighted by molar-refractivity contribution is -0.116. The van der Waals surface area contributed by atoms with Gasteiger partial charge >= 0.3 is 0 Å². The van der Waals surface area contributed by atoms with Gasteiger partial charge in [-0.1, -0.05) is 24.3 Å². The van der Waals surface area contributed by atoms with Crippen LogP contribution in [-0.2, 0) is 11.2 Å². The van der Waals surface area contributed by atoms with Crippen molar-refractivity contribution in [3.63, 3.8) is 0 Å². The minimum Gasteiger partial charge on any atom is -0.326 e. The van der Waals surface area contributed by atoms with Gasteiger partial charge in [-0.05, 0) is 42.8 Å². The largest absolute Gasteiger partial charge is 0.326 e. The molecule has 118 valence electrons. The summed E-state index contributed by atoms with van der Waals surface area (Å²) in [4.78, 5) is 11.8. The maximum atomic E-state index is 13.4. The van der Waals surface area contributed by atoms with E-state index in [4.69, 9.17) is 5.26 Å². The first kappa shape index (κ1) is 16.7. The molecular formula is C18H18FN3O. The predicted octanol–water partition coefficient (Wildman–Crippen LogP) is 2.86. The smallest absolute Gasteiger partial charge is 0.225 e. The Morgan fingerprint density at radius 3 is 2.74 bits per heavy atom. The number of nitrogens with one attached hydrogen (secondary N) is 2. The molecule has 0 aliphatic heterocycles. The van der Waals surface area contributed by atoms with Crippen molar-refractivity contribution < 1.29 is 9.18 Å². The molecule has 2 rings (SSSR count). The number of anilines is 1. The number of rotatable bonds is 7. The van der Waals surface area contributed by atoms with Crippen LogP contribution in [0.15, 0.2) is 48.5 Å². The van der Waals surface area contributed by atoms with E-state index in [1.165, 1.54) is 6.07 Å². The number of halogens is 1. The second kappa shape index (κ2) is 8.66. The average molecular weight is 311 g/mol. The topological polar surface area (TPSA) is 64.9 Å². The molecule has 0 saturated heterocycles. The highest BCUT2D eigenvalue weighted by Crippen LogP contribution is 2.10. The standard InChI is InChI=1S/C18H18FN3O/c19-17-7-2-1-5-15(17)8-10-21-11-9-18(23)22-16-6-3-4-14(12-16)13-20/h1-7,12,21H,8-11H2,(H,22,23). The van der Waals surface area contributed by atoms with Gasteiger partial charge in [-0.15, -0.1) is 0 Å². The molecule has 0 aliphatic carbocycles. The van der Waals surface area contributed by atoms with Gasteiger partial charge in [-0.2, -0.15) is 5.26 Å². The molecule has 0 spiro atoms. The molecule has 0 radical (unpaired) electrons. The van der Waals surface area contributed by atoms with Gasteiger partial charge in [-0.3, -0.25) is 4.79 Å². The van der Waals surface area contributed by atoms with Crippen LogP contribution in [0.5, 0.6) is 0 Å². The fraction of sp³-hybridized carbons (Fsp3) is 0.222. The molecule has 0 bridgehead atoms. The Bertz CT molecular complexity index is 709. The van der Waals surface area contributed by atoms with E-state index < -0.39 is 0 Å². The summed E-state index contributed by atoms with van der Waals surface area (Å²) in [5.74, 6) is -0.331. The highest BCUT2D eigenvalue weighted by molar-refractivity contribution is 5.90. The molecule has 2 aromatic carbocycles. The van der Waals surface area contributed by atoms with E-state index in [2.05, 4.69) is 10.6 Å². The van der Waals surface area contributed by atoms with Gasteiger partial charge < -0.3 is 10.6 Å². The Morgan fingerprint density at radius 1 is 1.13 bits per heavy atom. The molecule has 2 aromatic rings. The summed E-state index contributed by atoms with van der Waals surface area (Å²) in [5.41, 5.74) is 1.78. The van der Waals surface area contributed by atoms with Gasteiger partial charge in [0.1, 0.15) is 5.82 Å². The number of nitrogens with zero attached hydrogens (tertiary/aromatic N) is 1. The zero-order chi connectivity index (χ0) is 16.5. The van der Waals surface area contributed by atoms with Gasteiger partial charge in [0.05, 0.1) is 11.6 Å². The summed E-state index contributed by atoms with van der Waals surface area (Å²) in [7, 11) is 0. The summed E-state index contributed by atoms with van der Waals surface area (Å²) in [5, 5.41) is 14.7. The number of nitriles is 1. The summed E-state index contributed by atoms with van der Waals surface area (Å²) in [6, 6.07) is 15.5. The SMILES string of the molecule is N#Cc1cccc(NC(=O)CCNCCc2ccccc2F)c1. The molecule has 23 heavy (non-hydrogen) atoms. The molecule has 4 nitrogen and oxygen atoms in total. The summed E-state index contributed by atoms with van der Waals surface area (Å²) < 4.78 is 13.4. The van der Waals surface area contributed by atoms with Crippen molar-refractivity contribution in [2.75, 3.05) is 18.4 Å². The van der Waals surface area contributed by atoms with Crippen LogP contribution < -0.4 is 10.6 Å². The zero-order valence-electron chi connectivity index (χ0n) is 12.7. The first-order valence-electron chi connectivity index (χ1n) is 7.43. The maximum Gasteiger partial charge on any atom is 0.225 e. The molecule has 0 unspecified atom stereocenters. The number of amides is 1. The first-order chi connectivity index (χ1) is 11.2. The fourth-order valence-corrected chi connectivity index (χ4v) is 2.14. The number of carbonyl (C=O) groups is 1. The third kappa shape index (κ3) is 5.53. The van der Waals surface area contributed by atoms with Crippen LogP contribution in [0.4, 0.5) is 10.1 Å². The van der Waals surface area contributed by atoms with Crippen LogP contribution >= 0.6 is 0 Å². The lowest BCUT2D eigenvalue weighted by Crippen LogP contribution is -2.23. The van der Waals surface area contributed by atoms with Gasteiger partial charge in [0.15, 0.2) is 0 Å². The molecule has 0 heterocycles. The van der Waals surface area contributed by atoms with Crippen molar-refractivity contribution in [3.8, 4) is 6.07 Å². The number of carbonyl (C=O) groups excluding carboxylic acids is 1. The van der Waals surface area contributed by atoms with Crippen LogP contribution in [0.25, 0.3) is 0 Å². The Balaban J connectivity index is 1.67. The molecular weight excluding hydrogens is 293 g/mol. The lowest BCUT2D eigenvalue weighted by Gasteiger charge is -2.07. The van der Waals surface area contributed by atoms with E-state index in [1.54, 1.807) is 42.5 Å². The average Bonchev–Trinajstić information content (AvgIpc) is 2.56. The Kier molecular flexibility index (Phi) is 6.28. The molecule has 0 atom stereocenters. The van der Waals surface area contributed by atoms with Crippen molar-refractivity contribution in [1.29, 1.82) is 5.26 Å². The minimum absolute atomic E-state index is 0.126. The molecule has 0 aliphatic rings. The monoisotopic (exact) mass is 311 g/mol. The summed E-state index contributed by atoms with van der Waals surface area (Å²) >= 11 is 0. The first-order valence-corrected chi connectivity index (χ1v) is 7.43. The third-order valence-corrected chi connectivity index (χ3v) is 3.33. The quantitative estimate of drug-likeness (QED) is 0.773. The van der Waals surface area contributed by atoms with Crippen LogP contribution in [0.3, 0.4) is 0 Å². The Labute approximate surface area is 134 Å². The second-order valence-corrected chi connectivity index (χ2v) is 5.08. The van der Waals surface area contributed by atoms with E-state index in [9.17, 15) is 9.18 Å². The van der Waals surface area contributed by atoms with E-state index in [-0.39, 0.29) is 11.7 Å². The zero-order valence-corrected chi connectivity index (χ0v) is 12.7. The summed E-state index contributed by atoms with van der Waals surface area (Å²) in [6.45, 7) is 1.12. The number of hydrogen-bond acceptors (Lipinski definition) is 3. The normalized spacial score (nSPS) is 10.1. The number of benzene rings is 2. The summed E-state index contributed by atoms with van der Waals surface area (Å²) in [6.07, 6.45) is 0.895.